The Balaban J connectivity index is 2.23. The van der Waals surface area contributed by atoms with Crippen LogP contribution >= 0.6 is 0 Å². The Hall–Kier alpha value is -2.17. The van der Waals surface area contributed by atoms with Crippen LogP contribution in [0, 0.1) is 13.8 Å². The van der Waals surface area contributed by atoms with Crippen molar-refractivity contribution in [2.24, 2.45) is 14.1 Å². The summed E-state index contributed by atoms with van der Waals surface area (Å²) in [5.74, 6) is -0.0502. The van der Waals surface area contributed by atoms with Gasteiger partial charge in [-0.3, -0.25) is 14.2 Å². The van der Waals surface area contributed by atoms with Gasteiger partial charge in [-0.05, 0) is 26.0 Å². The topological polar surface area (TPSA) is 52.7 Å². The van der Waals surface area contributed by atoms with Crippen LogP contribution in [0.5, 0.6) is 0 Å². The lowest BCUT2D eigenvalue weighted by molar-refractivity contribution is 0.104. The van der Waals surface area contributed by atoms with E-state index in [1.165, 1.54) is 0 Å². The first kappa shape index (κ1) is 12.3. The molecule has 0 atom stereocenters. The normalized spacial score (nSPS) is 11.3. The lowest BCUT2D eigenvalue weighted by Crippen LogP contribution is -1.93. The molecule has 0 radical (unpaired) electrons. The minimum absolute atomic E-state index is 0.0502. The molecule has 0 saturated heterocycles. The Morgan fingerprint density at radius 1 is 1.33 bits per heavy atom. The van der Waals surface area contributed by atoms with E-state index in [4.69, 9.17) is 0 Å². The highest BCUT2D eigenvalue weighted by Gasteiger charge is 2.08. The largest absolute Gasteiger partial charge is 0.289 e. The molecular formula is C13H16N4O. The van der Waals surface area contributed by atoms with Gasteiger partial charge in [0.15, 0.2) is 5.78 Å². The third kappa shape index (κ3) is 2.25. The fourth-order valence-corrected chi connectivity index (χ4v) is 1.83. The van der Waals surface area contributed by atoms with Crippen LogP contribution < -0.4 is 0 Å². The molecule has 0 fully saturated rings. The molecule has 0 amide bonds. The molecule has 2 heterocycles. The summed E-state index contributed by atoms with van der Waals surface area (Å²) < 4.78 is 3.42. The number of carbonyl (C=O) groups excluding carboxylic acids is 1. The molecule has 0 aliphatic rings. The van der Waals surface area contributed by atoms with Crippen molar-refractivity contribution in [2.75, 3.05) is 0 Å². The second-order valence-electron chi connectivity index (χ2n) is 4.31. The number of nitrogens with zero attached hydrogens (tertiary/aromatic N) is 4. The van der Waals surface area contributed by atoms with Crippen molar-refractivity contribution < 1.29 is 4.79 Å². The second-order valence-corrected chi connectivity index (χ2v) is 4.31. The lowest BCUT2D eigenvalue weighted by Gasteiger charge is -1.94. The van der Waals surface area contributed by atoms with Gasteiger partial charge in [-0.25, -0.2) is 0 Å². The average Bonchev–Trinajstić information content (AvgIpc) is 2.83. The van der Waals surface area contributed by atoms with Crippen LogP contribution in [0.4, 0.5) is 0 Å². The first-order chi connectivity index (χ1) is 8.49. The Kier molecular flexibility index (Phi) is 3.14. The molecule has 18 heavy (non-hydrogen) atoms. The number of carbonyl (C=O) groups is 1. The fraction of sp³-hybridized carbons (Fsp3) is 0.308. The molecule has 0 bridgehead atoms. The maximum Gasteiger partial charge on any atom is 0.189 e. The first-order valence-corrected chi connectivity index (χ1v) is 5.70. The maximum atomic E-state index is 11.9. The predicted octanol–water partition coefficient (Wildman–Crippen LogP) is 1.67. The molecule has 2 rings (SSSR count). The molecule has 0 saturated carbocycles. The molecule has 0 unspecified atom stereocenters. The molecule has 0 spiro atoms. The van der Waals surface area contributed by atoms with E-state index in [0.29, 0.717) is 5.56 Å². The van der Waals surface area contributed by atoms with Gasteiger partial charge in [0.2, 0.25) is 0 Å². The van der Waals surface area contributed by atoms with E-state index in [1.807, 2.05) is 31.7 Å². The zero-order valence-corrected chi connectivity index (χ0v) is 11.0. The summed E-state index contributed by atoms with van der Waals surface area (Å²) in [6.45, 7) is 3.91. The van der Waals surface area contributed by atoms with E-state index in [1.54, 1.807) is 30.2 Å². The van der Waals surface area contributed by atoms with E-state index >= 15 is 0 Å². The Labute approximate surface area is 106 Å². The molecule has 5 heteroatoms. The summed E-state index contributed by atoms with van der Waals surface area (Å²) in [5, 5.41) is 8.28. The number of rotatable bonds is 3. The van der Waals surface area contributed by atoms with Crippen LogP contribution in [-0.4, -0.2) is 25.3 Å². The van der Waals surface area contributed by atoms with E-state index in [2.05, 4.69) is 10.2 Å². The number of aromatic nitrogens is 4. The first-order valence-electron chi connectivity index (χ1n) is 5.70. The summed E-state index contributed by atoms with van der Waals surface area (Å²) in [6.07, 6.45) is 6.65. The number of hydrogen-bond acceptors (Lipinski definition) is 3. The smallest absolute Gasteiger partial charge is 0.189 e. The van der Waals surface area contributed by atoms with Crippen LogP contribution in [0.3, 0.4) is 0 Å². The van der Waals surface area contributed by atoms with Crippen LogP contribution in [0.25, 0.3) is 6.08 Å². The zero-order valence-electron chi connectivity index (χ0n) is 11.0. The third-order valence-corrected chi connectivity index (χ3v) is 2.96. The molecule has 0 aromatic carbocycles. The van der Waals surface area contributed by atoms with Crippen LogP contribution in [0.1, 0.15) is 27.3 Å². The highest BCUT2D eigenvalue weighted by atomic mass is 16.1. The van der Waals surface area contributed by atoms with E-state index < -0.39 is 0 Å². The minimum atomic E-state index is -0.0502. The van der Waals surface area contributed by atoms with Crippen molar-refractivity contribution in [3.63, 3.8) is 0 Å². The highest BCUT2D eigenvalue weighted by Crippen LogP contribution is 2.14. The minimum Gasteiger partial charge on any atom is -0.289 e. The summed E-state index contributed by atoms with van der Waals surface area (Å²) in [6, 6.07) is 0. The second kappa shape index (κ2) is 4.60. The monoisotopic (exact) mass is 244 g/mol. The van der Waals surface area contributed by atoms with Crippen LogP contribution in [-0.2, 0) is 14.1 Å². The Bertz CT molecular complexity index is 619. The van der Waals surface area contributed by atoms with Crippen molar-refractivity contribution in [1.82, 2.24) is 19.6 Å². The van der Waals surface area contributed by atoms with Gasteiger partial charge in [0.1, 0.15) is 0 Å². The molecule has 0 aliphatic carbocycles. The number of allylic oxidation sites excluding steroid dienone is 1. The van der Waals surface area contributed by atoms with Crippen molar-refractivity contribution >= 4 is 11.9 Å². The SMILES string of the molecule is Cc1nn(C)c(C)c1/C=C/C(=O)c1cnn(C)c1. The van der Waals surface area contributed by atoms with Gasteiger partial charge in [-0.2, -0.15) is 10.2 Å². The standard InChI is InChI=1S/C13H16N4O/c1-9-12(10(2)17(4)15-9)5-6-13(18)11-7-14-16(3)8-11/h5-8H,1-4H3/b6-5+. The molecule has 0 N–H and O–H groups in total. The maximum absolute atomic E-state index is 11.9. The van der Waals surface area contributed by atoms with Gasteiger partial charge in [0.25, 0.3) is 0 Å². The molecule has 2 aromatic heterocycles. The van der Waals surface area contributed by atoms with Gasteiger partial charge in [0.05, 0.1) is 17.5 Å². The molecule has 94 valence electrons. The fourth-order valence-electron chi connectivity index (χ4n) is 1.83. The quantitative estimate of drug-likeness (QED) is 0.609. The van der Waals surface area contributed by atoms with Crippen LogP contribution in [0.15, 0.2) is 18.5 Å². The summed E-state index contributed by atoms with van der Waals surface area (Å²) in [5.41, 5.74) is 3.55. The van der Waals surface area contributed by atoms with E-state index in [9.17, 15) is 4.79 Å². The van der Waals surface area contributed by atoms with Gasteiger partial charge in [-0.15, -0.1) is 0 Å². The molecule has 0 aliphatic heterocycles. The van der Waals surface area contributed by atoms with Gasteiger partial charge < -0.3 is 0 Å². The van der Waals surface area contributed by atoms with E-state index in [0.717, 1.165) is 17.0 Å². The van der Waals surface area contributed by atoms with Gasteiger partial charge >= 0.3 is 0 Å². The van der Waals surface area contributed by atoms with Crippen molar-refractivity contribution in [1.29, 1.82) is 0 Å². The number of aryl methyl sites for hydroxylation is 3. The van der Waals surface area contributed by atoms with Crippen molar-refractivity contribution in [2.45, 2.75) is 13.8 Å². The zero-order chi connectivity index (χ0) is 13.3. The van der Waals surface area contributed by atoms with Gasteiger partial charge in [0, 0.05) is 31.5 Å². The lowest BCUT2D eigenvalue weighted by atomic mass is 10.1. The molecular weight excluding hydrogens is 228 g/mol. The Morgan fingerprint density at radius 2 is 2.06 bits per heavy atom. The third-order valence-electron chi connectivity index (χ3n) is 2.96. The van der Waals surface area contributed by atoms with Crippen molar-refractivity contribution in [3.05, 3.63) is 41.0 Å². The highest BCUT2D eigenvalue weighted by molar-refractivity contribution is 6.06. The summed E-state index contributed by atoms with van der Waals surface area (Å²) >= 11 is 0. The summed E-state index contributed by atoms with van der Waals surface area (Å²) in [7, 11) is 3.68. The number of hydrogen-bond donors (Lipinski definition) is 0. The molecule has 2 aromatic rings. The van der Waals surface area contributed by atoms with Gasteiger partial charge in [-0.1, -0.05) is 0 Å². The van der Waals surface area contributed by atoms with Crippen molar-refractivity contribution in [3.8, 4) is 0 Å². The summed E-state index contributed by atoms with van der Waals surface area (Å²) in [4.78, 5) is 11.9. The average molecular weight is 244 g/mol. The molecule has 5 nitrogen and oxygen atoms in total. The van der Waals surface area contributed by atoms with E-state index in [-0.39, 0.29) is 5.78 Å². The van der Waals surface area contributed by atoms with Crippen LogP contribution in [0.2, 0.25) is 0 Å². The number of ketones is 1. The predicted molar refractivity (Wildman–Crippen MR) is 69.3 cm³/mol. The Morgan fingerprint density at radius 3 is 2.56 bits per heavy atom.